The standard InChI is InChI=1S/C14H22N2O3/c1-4-16(5-2)14(18)10-15-9-11-6-7-13(19-3)12(17)8-11/h6-8,15,17H,4-5,9-10H2,1-3H3. The van der Waals surface area contributed by atoms with Crippen molar-refractivity contribution < 1.29 is 14.6 Å². The first-order chi connectivity index (χ1) is 9.12. The van der Waals surface area contributed by atoms with Gasteiger partial charge in [-0.2, -0.15) is 0 Å². The van der Waals surface area contributed by atoms with E-state index < -0.39 is 0 Å². The Morgan fingerprint density at radius 1 is 1.37 bits per heavy atom. The van der Waals surface area contributed by atoms with E-state index in [1.165, 1.54) is 7.11 Å². The quantitative estimate of drug-likeness (QED) is 0.782. The fourth-order valence-electron chi connectivity index (χ4n) is 1.85. The Bertz CT molecular complexity index is 417. The molecular formula is C14H22N2O3. The van der Waals surface area contributed by atoms with Gasteiger partial charge in [-0.25, -0.2) is 0 Å². The van der Waals surface area contributed by atoms with Gasteiger partial charge >= 0.3 is 0 Å². The van der Waals surface area contributed by atoms with Crippen LogP contribution in [0.1, 0.15) is 19.4 Å². The summed E-state index contributed by atoms with van der Waals surface area (Å²) in [4.78, 5) is 13.5. The minimum absolute atomic E-state index is 0.0859. The highest BCUT2D eigenvalue weighted by Crippen LogP contribution is 2.25. The Kier molecular flexibility index (Phi) is 6.15. The molecule has 1 aromatic carbocycles. The summed E-state index contributed by atoms with van der Waals surface area (Å²) in [7, 11) is 1.51. The van der Waals surface area contributed by atoms with Gasteiger partial charge in [-0.1, -0.05) is 6.07 Å². The number of methoxy groups -OCH3 is 1. The molecule has 1 amide bonds. The van der Waals surface area contributed by atoms with Crippen LogP contribution in [0.3, 0.4) is 0 Å². The third-order valence-electron chi connectivity index (χ3n) is 2.96. The molecule has 5 heteroatoms. The molecule has 0 unspecified atom stereocenters. The Morgan fingerprint density at radius 3 is 2.58 bits per heavy atom. The lowest BCUT2D eigenvalue weighted by Gasteiger charge is -2.18. The topological polar surface area (TPSA) is 61.8 Å². The number of phenolic OH excluding ortho intramolecular Hbond substituents is 1. The molecular weight excluding hydrogens is 244 g/mol. The van der Waals surface area contributed by atoms with Gasteiger partial charge in [0.25, 0.3) is 0 Å². The summed E-state index contributed by atoms with van der Waals surface area (Å²) in [6.07, 6.45) is 0. The number of carbonyl (C=O) groups is 1. The molecule has 19 heavy (non-hydrogen) atoms. The van der Waals surface area contributed by atoms with Gasteiger partial charge < -0.3 is 20.1 Å². The maximum atomic E-state index is 11.8. The average Bonchev–Trinajstić information content (AvgIpc) is 2.40. The molecule has 5 nitrogen and oxygen atoms in total. The van der Waals surface area contributed by atoms with E-state index in [0.717, 1.165) is 18.7 Å². The summed E-state index contributed by atoms with van der Waals surface area (Å²) in [5, 5.41) is 12.7. The second kappa shape index (κ2) is 7.63. The maximum absolute atomic E-state index is 11.8. The van der Waals surface area contributed by atoms with Crippen LogP contribution in [0, 0.1) is 0 Å². The van der Waals surface area contributed by atoms with Crippen LogP contribution >= 0.6 is 0 Å². The molecule has 0 bridgehead atoms. The Hall–Kier alpha value is -1.75. The van der Waals surface area contributed by atoms with E-state index >= 15 is 0 Å². The maximum Gasteiger partial charge on any atom is 0.236 e. The number of benzene rings is 1. The van der Waals surface area contributed by atoms with Crippen LogP contribution in [0.2, 0.25) is 0 Å². The minimum atomic E-state index is 0.0859. The molecule has 0 aliphatic heterocycles. The lowest BCUT2D eigenvalue weighted by molar-refractivity contribution is -0.129. The van der Waals surface area contributed by atoms with Crippen molar-refractivity contribution in [3.63, 3.8) is 0 Å². The summed E-state index contributed by atoms with van der Waals surface area (Å²) in [5.74, 6) is 0.641. The van der Waals surface area contributed by atoms with Gasteiger partial charge in [0.15, 0.2) is 11.5 Å². The van der Waals surface area contributed by atoms with Crippen LogP contribution in [0.15, 0.2) is 18.2 Å². The third kappa shape index (κ3) is 4.44. The van der Waals surface area contributed by atoms with Crippen molar-refractivity contribution in [1.82, 2.24) is 10.2 Å². The number of nitrogens with one attached hydrogen (secondary N) is 1. The van der Waals surface area contributed by atoms with Crippen LogP contribution in [0.25, 0.3) is 0 Å². The van der Waals surface area contributed by atoms with Gasteiger partial charge in [0.2, 0.25) is 5.91 Å². The average molecular weight is 266 g/mol. The molecule has 0 aromatic heterocycles. The molecule has 0 atom stereocenters. The SMILES string of the molecule is CCN(CC)C(=O)CNCc1ccc(OC)c(O)c1. The molecule has 106 valence electrons. The molecule has 0 saturated heterocycles. The van der Waals surface area contributed by atoms with Crippen LogP contribution in [-0.2, 0) is 11.3 Å². The number of hydrogen-bond acceptors (Lipinski definition) is 4. The zero-order valence-corrected chi connectivity index (χ0v) is 11.8. The van der Waals surface area contributed by atoms with Crippen LogP contribution < -0.4 is 10.1 Å². The first-order valence-electron chi connectivity index (χ1n) is 6.46. The van der Waals surface area contributed by atoms with E-state index in [2.05, 4.69) is 5.32 Å². The van der Waals surface area contributed by atoms with Gasteiger partial charge in [-0.05, 0) is 31.5 Å². The van der Waals surface area contributed by atoms with Crippen LogP contribution in [0.5, 0.6) is 11.5 Å². The summed E-state index contributed by atoms with van der Waals surface area (Å²) < 4.78 is 4.97. The van der Waals surface area contributed by atoms with Crippen molar-refractivity contribution in [2.24, 2.45) is 0 Å². The molecule has 0 aliphatic carbocycles. The van der Waals surface area contributed by atoms with Gasteiger partial charge in [-0.3, -0.25) is 4.79 Å². The van der Waals surface area contributed by atoms with E-state index in [1.807, 2.05) is 19.9 Å². The largest absolute Gasteiger partial charge is 0.504 e. The summed E-state index contributed by atoms with van der Waals surface area (Å²) >= 11 is 0. The number of carbonyl (C=O) groups excluding carboxylic acids is 1. The monoisotopic (exact) mass is 266 g/mol. The predicted molar refractivity (Wildman–Crippen MR) is 74.3 cm³/mol. The van der Waals surface area contributed by atoms with E-state index in [-0.39, 0.29) is 11.7 Å². The van der Waals surface area contributed by atoms with E-state index in [0.29, 0.717) is 18.8 Å². The summed E-state index contributed by atoms with van der Waals surface area (Å²) in [6.45, 7) is 6.20. The fourth-order valence-corrected chi connectivity index (χ4v) is 1.85. The second-order valence-corrected chi connectivity index (χ2v) is 4.18. The van der Waals surface area contributed by atoms with E-state index in [9.17, 15) is 9.90 Å². The Morgan fingerprint density at radius 2 is 2.05 bits per heavy atom. The molecule has 1 aromatic rings. The highest BCUT2D eigenvalue weighted by atomic mass is 16.5. The van der Waals surface area contributed by atoms with Crippen LogP contribution in [0.4, 0.5) is 0 Å². The number of nitrogens with zero attached hydrogens (tertiary/aromatic N) is 1. The first kappa shape index (κ1) is 15.3. The van der Waals surface area contributed by atoms with Gasteiger partial charge in [0, 0.05) is 19.6 Å². The van der Waals surface area contributed by atoms with Crippen molar-refractivity contribution in [2.75, 3.05) is 26.7 Å². The number of hydrogen-bond donors (Lipinski definition) is 2. The van der Waals surface area contributed by atoms with Gasteiger partial charge in [-0.15, -0.1) is 0 Å². The molecule has 0 fully saturated rings. The zero-order chi connectivity index (χ0) is 14.3. The normalized spacial score (nSPS) is 10.3. The number of ether oxygens (including phenoxy) is 1. The lowest BCUT2D eigenvalue weighted by atomic mass is 10.2. The highest BCUT2D eigenvalue weighted by Gasteiger charge is 2.08. The second-order valence-electron chi connectivity index (χ2n) is 4.18. The van der Waals surface area contributed by atoms with E-state index in [1.54, 1.807) is 17.0 Å². The van der Waals surface area contributed by atoms with E-state index in [4.69, 9.17) is 4.74 Å². The molecule has 0 saturated carbocycles. The van der Waals surface area contributed by atoms with Crippen LogP contribution in [-0.4, -0.2) is 42.7 Å². The van der Waals surface area contributed by atoms with Gasteiger partial charge in [0.1, 0.15) is 0 Å². The minimum Gasteiger partial charge on any atom is -0.504 e. The molecule has 0 spiro atoms. The third-order valence-corrected chi connectivity index (χ3v) is 2.96. The fraction of sp³-hybridized carbons (Fsp3) is 0.500. The summed E-state index contributed by atoms with van der Waals surface area (Å²) in [6, 6.07) is 5.19. The predicted octanol–water partition coefficient (Wildman–Crippen LogP) is 1.36. The van der Waals surface area contributed by atoms with Crippen molar-refractivity contribution in [1.29, 1.82) is 0 Å². The lowest BCUT2D eigenvalue weighted by Crippen LogP contribution is -2.37. The molecule has 1 rings (SSSR count). The number of amides is 1. The number of aromatic hydroxyl groups is 1. The Balaban J connectivity index is 2.45. The van der Waals surface area contributed by atoms with Crippen molar-refractivity contribution in [2.45, 2.75) is 20.4 Å². The van der Waals surface area contributed by atoms with Crippen molar-refractivity contribution >= 4 is 5.91 Å². The highest BCUT2D eigenvalue weighted by molar-refractivity contribution is 5.78. The first-order valence-corrected chi connectivity index (χ1v) is 6.46. The smallest absolute Gasteiger partial charge is 0.236 e. The number of phenols is 1. The van der Waals surface area contributed by atoms with Gasteiger partial charge in [0.05, 0.1) is 13.7 Å². The molecule has 2 N–H and O–H groups in total. The van der Waals surface area contributed by atoms with Crippen molar-refractivity contribution in [3.8, 4) is 11.5 Å². The zero-order valence-electron chi connectivity index (χ0n) is 11.8. The molecule has 0 aliphatic rings. The molecule has 0 heterocycles. The Labute approximate surface area is 114 Å². The number of likely N-dealkylation sites (N-methyl/N-ethyl adjacent to an activating group) is 1. The summed E-state index contributed by atoms with van der Waals surface area (Å²) in [5.41, 5.74) is 0.908. The number of rotatable bonds is 7. The van der Waals surface area contributed by atoms with Crippen molar-refractivity contribution in [3.05, 3.63) is 23.8 Å². The molecule has 0 radical (unpaired) electrons.